The van der Waals surface area contributed by atoms with E-state index in [4.69, 9.17) is 9.15 Å². The molecule has 5 nitrogen and oxygen atoms in total. The van der Waals surface area contributed by atoms with Gasteiger partial charge in [-0.05, 0) is 36.6 Å². The maximum Gasteiger partial charge on any atom is 0.317 e. The molecular weight excluding hydrogens is 304 g/mol. The lowest BCUT2D eigenvalue weighted by Crippen LogP contribution is -2.48. The molecule has 0 radical (unpaired) electrons. The Morgan fingerprint density at radius 3 is 2.96 bits per heavy atom. The van der Waals surface area contributed by atoms with Gasteiger partial charge in [0.2, 0.25) is 0 Å². The van der Waals surface area contributed by atoms with Crippen molar-refractivity contribution in [3.05, 3.63) is 59.0 Å². The van der Waals surface area contributed by atoms with Gasteiger partial charge >= 0.3 is 6.03 Å². The summed E-state index contributed by atoms with van der Waals surface area (Å²) in [7, 11) is 0. The number of nitrogens with one attached hydrogen (secondary N) is 1. The summed E-state index contributed by atoms with van der Waals surface area (Å²) >= 11 is 0. The van der Waals surface area contributed by atoms with Crippen LogP contribution in [-0.4, -0.2) is 37.2 Å². The van der Waals surface area contributed by atoms with Gasteiger partial charge in [0, 0.05) is 19.0 Å². The molecule has 4 rings (SSSR count). The van der Waals surface area contributed by atoms with Crippen molar-refractivity contribution in [2.45, 2.75) is 25.4 Å². The van der Waals surface area contributed by atoms with Gasteiger partial charge in [-0.3, -0.25) is 0 Å². The molecule has 0 bridgehead atoms. The Morgan fingerprint density at radius 2 is 2.17 bits per heavy atom. The van der Waals surface area contributed by atoms with Crippen molar-refractivity contribution in [3.63, 3.8) is 0 Å². The summed E-state index contributed by atoms with van der Waals surface area (Å²) in [6.07, 6.45) is 0.871. The van der Waals surface area contributed by atoms with E-state index in [2.05, 4.69) is 29.6 Å². The van der Waals surface area contributed by atoms with Crippen molar-refractivity contribution in [2.75, 3.05) is 26.2 Å². The minimum Gasteiger partial charge on any atom is -0.464 e. The second-order valence-corrected chi connectivity index (χ2v) is 6.54. The van der Waals surface area contributed by atoms with Gasteiger partial charge < -0.3 is 19.4 Å². The molecule has 0 unspecified atom stereocenters. The van der Waals surface area contributed by atoms with Gasteiger partial charge in [-0.1, -0.05) is 24.3 Å². The molecule has 24 heavy (non-hydrogen) atoms. The zero-order chi connectivity index (χ0) is 16.5. The number of furan rings is 1. The van der Waals surface area contributed by atoms with Crippen molar-refractivity contribution in [1.29, 1.82) is 0 Å². The molecule has 1 N–H and O–H groups in total. The Bertz CT molecular complexity index is 740. The topological polar surface area (TPSA) is 54.7 Å². The van der Waals surface area contributed by atoms with E-state index in [0.29, 0.717) is 32.2 Å². The van der Waals surface area contributed by atoms with E-state index in [1.165, 1.54) is 11.1 Å². The molecule has 0 saturated carbocycles. The summed E-state index contributed by atoms with van der Waals surface area (Å²) < 4.78 is 11.4. The lowest BCUT2D eigenvalue weighted by Gasteiger charge is -2.34. The molecule has 2 heterocycles. The van der Waals surface area contributed by atoms with E-state index in [9.17, 15) is 4.79 Å². The second kappa shape index (κ2) is 6.32. The fourth-order valence-electron chi connectivity index (χ4n) is 3.50. The van der Waals surface area contributed by atoms with E-state index in [1.807, 2.05) is 24.0 Å². The Labute approximate surface area is 141 Å². The number of hydrogen-bond acceptors (Lipinski definition) is 3. The van der Waals surface area contributed by atoms with Gasteiger partial charge in [0.15, 0.2) is 0 Å². The van der Waals surface area contributed by atoms with Crippen LogP contribution in [0, 0.1) is 6.92 Å². The lowest BCUT2D eigenvalue weighted by atomic mass is 9.78. The predicted octanol–water partition coefficient (Wildman–Crippen LogP) is 3.01. The fraction of sp³-hybridized carbons (Fsp3) is 0.421. The third-order valence-electron chi connectivity index (χ3n) is 4.89. The summed E-state index contributed by atoms with van der Waals surface area (Å²) in [4.78, 5) is 14.3. The molecule has 2 aromatic rings. The molecule has 2 atom stereocenters. The molecule has 1 aromatic carbocycles. The Balaban J connectivity index is 1.32. The van der Waals surface area contributed by atoms with Crippen LogP contribution in [0.4, 0.5) is 4.79 Å². The molecule has 1 aromatic heterocycles. The maximum atomic E-state index is 12.5. The standard InChI is InChI=1S/C19H22N2O3/c1-13-6-7-17(24-13)18-12-21(8-9-23-18)19(22)20-11-15-10-14-4-2-3-5-16(14)15/h2-7,15,18H,8-12H2,1H3,(H,20,22)/t15-,18-/m0/s1. The molecule has 126 valence electrons. The molecule has 1 fully saturated rings. The van der Waals surface area contributed by atoms with Gasteiger partial charge in [-0.25, -0.2) is 4.79 Å². The van der Waals surface area contributed by atoms with Crippen LogP contribution in [-0.2, 0) is 11.2 Å². The van der Waals surface area contributed by atoms with Crippen LogP contribution >= 0.6 is 0 Å². The van der Waals surface area contributed by atoms with Gasteiger partial charge in [-0.15, -0.1) is 0 Å². The summed E-state index contributed by atoms with van der Waals surface area (Å²) in [5, 5.41) is 3.07. The Hall–Kier alpha value is -2.27. The number of morpholine rings is 1. The number of hydrogen-bond donors (Lipinski definition) is 1. The number of amides is 2. The number of carbonyl (C=O) groups is 1. The first kappa shape index (κ1) is 15.3. The highest BCUT2D eigenvalue weighted by molar-refractivity contribution is 5.74. The van der Waals surface area contributed by atoms with Crippen molar-refractivity contribution < 1.29 is 13.9 Å². The van der Waals surface area contributed by atoms with Crippen LogP contribution in [0.1, 0.15) is 34.7 Å². The number of aryl methyl sites for hydroxylation is 1. The van der Waals surface area contributed by atoms with Crippen molar-refractivity contribution in [1.82, 2.24) is 10.2 Å². The average molecular weight is 326 g/mol. The minimum absolute atomic E-state index is 0.0176. The monoisotopic (exact) mass is 326 g/mol. The van der Waals surface area contributed by atoms with E-state index in [0.717, 1.165) is 17.9 Å². The van der Waals surface area contributed by atoms with E-state index in [1.54, 1.807) is 0 Å². The number of carbonyl (C=O) groups excluding carboxylic acids is 1. The van der Waals surface area contributed by atoms with Crippen molar-refractivity contribution in [2.24, 2.45) is 0 Å². The Kier molecular flexibility index (Phi) is 4.02. The van der Waals surface area contributed by atoms with Gasteiger partial charge in [0.1, 0.15) is 17.6 Å². The summed E-state index contributed by atoms with van der Waals surface area (Å²) in [6, 6.07) is 12.3. The predicted molar refractivity (Wildman–Crippen MR) is 90.0 cm³/mol. The van der Waals surface area contributed by atoms with Crippen molar-refractivity contribution >= 4 is 6.03 Å². The first-order chi connectivity index (χ1) is 11.7. The largest absolute Gasteiger partial charge is 0.464 e. The highest BCUT2D eigenvalue weighted by Gasteiger charge is 2.29. The smallest absolute Gasteiger partial charge is 0.317 e. The number of rotatable bonds is 3. The van der Waals surface area contributed by atoms with E-state index >= 15 is 0 Å². The Morgan fingerprint density at radius 1 is 1.29 bits per heavy atom. The molecule has 2 amide bonds. The normalized spacial score (nSPS) is 22.6. The maximum absolute atomic E-state index is 12.5. The molecule has 1 saturated heterocycles. The van der Waals surface area contributed by atoms with Crippen molar-refractivity contribution in [3.8, 4) is 0 Å². The fourth-order valence-corrected chi connectivity index (χ4v) is 3.50. The average Bonchev–Trinajstić information content (AvgIpc) is 3.02. The molecule has 1 aliphatic heterocycles. The van der Waals surface area contributed by atoms with Crippen LogP contribution in [0.3, 0.4) is 0 Å². The summed E-state index contributed by atoms with van der Waals surface area (Å²) in [6.45, 7) is 4.28. The SMILES string of the molecule is Cc1ccc([C@@H]2CN(C(=O)NC[C@@H]3Cc4ccccc43)CCO2)o1. The number of urea groups is 1. The van der Waals surface area contributed by atoms with E-state index in [-0.39, 0.29) is 12.1 Å². The second-order valence-electron chi connectivity index (χ2n) is 6.54. The van der Waals surface area contributed by atoms with Gasteiger partial charge in [-0.2, -0.15) is 0 Å². The first-order valence-electron chi connectivity index (χ1n) is 8.49. The van der Waals surface area contributed by atoms with Crippen LogP contribution in [0.15, 0.2) is 40.8 Å². The molecule has 1 aliphatic carbocycles. The molecule has 0 spiro atoms. The number of benzene rings is 1. The summed E-state index contributed by atoms with van der Waals surface area (Å²) in [5.74, 6) is 2.09. The van der Waals surface area contributed by atoms with E-state index < -0.39 is 0 Å². The van der Waals surface area contributed by atoms with Crippen LogP contribution < -0.4 is 5.32 Å². The highest BCUT2D eigenvalue weighted by atomic mass is 16.5. The number of nitrogens with zero attached hydrogens (tertiary/aromatic N) is 1. The molecule has 5 heteroatoms. The summed E-state index contributed by atoms with van der Waals surface area (Å²) in [5.41, 5.74) is 2.76. The van der Waals surface area contributed by atoms with Gasteiger partial charge in [0.05, 0.1) is 13.2 Å². The first-order valence-corrected chi connectivity index (χ1v) is 8.49. The molecular formula is C19H22N2O3. The third kappa shape index (κ3) is 2.91. The highest BCUT2D eigenvalue weighted by Crippen LogP contribution is 2.34. The van der Waals surface area contributed by atoms with Crippen LogP contribution in [0.5, 0.6) is 0 Å². The quantitative estimate of drug-likeness (QED) is 0.943. The van der Waals surface area contributed by atoms with Gasteiger partial charge in [0.25, 0.3) is 0 Å². The van der Waals surface area contributed by atoms with Crippen LogP contribution in [0.2, 0.25) is 0 Å². The minimum atomic E-state index is -0.178. The zero-order valence-electron chi connectivity index (χ0n) is 13.8. The lowest BCUT2D eigenvalue weighted by molar-refractivity contribution is -0.0263. The molecule has 2 aliphatic rings. The zero-order valence-corrected chi connectivity index (χ0v) is 13.8. The third-order valence-corrected chi connectivity index (χ3v) is 4.89. The number of ether oxygens (including phenoxy) is 1. The van der Waals surface area contributed by atoms with Crippen LogP contribution in [0.25, 0.3) is 0 Å². The number of fused-ring (bicyclic) bond motifs is 1.